The second-order valence-electron chi connectivity index (χ2n) is 7.55. The Bertz CT molecular complexity index is 1090. The maximum Gasteiger partial charge on any atom is 0.267 e. The van der Waals surface area contributed by atoms with Gasteiger partial charge in [-0.25, -0.2) is 4.98 Å². The molecule has 0 bridgehead atoms. The minimum atomic E-state index is -0.191. The molecule has 2 aliphatic rings. The van der Waals surface area contributed by atoms with E-state index < -0.39 is 0 Å². The lowest BCUT2D eigenvalue weighted by Gasteiger charge is -2.34. The van der Waals surface area contributed by atoms with Crippen LogP contribution in [0, 0.1) is 0 Å². The highest BCUT2D eigenvalue weighted by molar-refractivity contribution is 8.26. The summed E-state index contributed by atoms with van der Waals surface area (Å²) in [6.07, 6.45) is 4.06. The van der Waals surface area contributed by atoms with Crippen molar-refractivity contribution in [3.63, 3.8) is 0 Å². The average Bonchev–Trinajstić information content (AvgIpc) is 3.04. The van der Waals surface area contributed by atoms with Gasteiger partial charge in [0.25, 0.3) is 11.5 Å². The largest absolute Gasteiger partial charge is 0.385 e. The Morgan fingerprint density at radius 3 is 2.74 bits per heavy atom. The summed E-state index contributed by atoms with van der Waals surface area (Å²) in [4.78, 5) is 37.6. The molecule has 0 spiro atoms. The summed E-state index contributed by atoms with van der Waals surface area (Å²) in [6.45, 7) is 4.36. The van der Waals surface area contributed by atoms with Gasteiger partial charge in [0.05, 0.1) is 10.5 Å². The number of pyridine rings is 1. The number of carbonyl (C=O) groups is 1. The molecule has 2 aromatic heterocycles. The number of aromatic nitrogens is 2. The van der Waals surface area contributed by atoms with Crippen LogP contribution in [-0.2, 0) is 9.53 Å². The van der Waals surface area contributed by atoms with Crippen LogP contribution in [0.15, 0.2) is 34.1 Å². The fraction of sp³-hybridized carbons (Fsp3) is 0.429. The predicted octanol–water partition coefficient (Wildman–Crippen LogP) is 1.68. The zero-order chi connectivity index (χ0) is 22.0. The predicted molar refractivity (Wildman–Crippen MR) is 128 cm³/mol. The number of hydrogen-bond donors (Lipinski definition) is 0. The summed E-state index contributed by atoms with van der Waals surface area (Å²) in [5, 5.41) is 0. The van der Waals surface area contributed by atoms with Crippen molar-refractivity contribution in [2.75, 3.05) is 58.4 Å². The van der Waals surface area contributed by atoms with Gasteiger partial charge in [-0.2, -0.15) is 0 Å². The van der Waals surface area contributed by atoms with Crippen molar-refractivity contribution < 1.29 is 9.53 Å². The summed E-state index contributed by atoms with van der Waals surface area (Å²) in [6, 6.07) is 5.48. The zero-order valence-electron chi connectivity index (χ0n) is 17.6. The number of amides is 1. The van der Waals surface area contributed by atoms with Gasteiger partial charge in [-0.3, -0.25) is 18.9 Å². The summed E-state index contributed by atoms with van der Waals surface area (Å²) in [5.74, 6) is 0.446. The van der Waals surface area contributed by atoms with Crippen LogP contribution in [0.4, 0.5) is 5.82 Å². The number of thiocarbonyl (C=S) groups is 1. The highest BCUT2D eigenvalue weighted by Crippen LogP contribution is 2.33. The summed E-state index contributed by atoms with van der Waals surface area (Å²) >= 11 is 6.64. The van der Waals surface area contributed by atoms with E-state index in [-0.39, 0.29) is 11.5 Å². The highest BCUT2D eigenvalue weighted by Gasteiger charge is 2.32. The fourth-order valence-electron chi connectivity index (χ4n) is 3.67. The fourth-order valence-corrected chi connectivity index (χ4v) is 4.96. The van der Waals surface area contributed by atoms with Crippen molar-refractivity contribution in [3.05, 3.63) is 45.2 Å². The monoisotopic (exact) mass is 459 g/mol. The molecule has 0 aromatic carbocycles. The normalized spacial score (nSPS) is 19.2. The van der Waals surface area contributed by atoms with Crippen molar-refractivity contribution >= 4 is 51.7 Å². The van der Waals surface area contributed by atoms with E-state index in [1.165, 1.54) is 16.2 Å². The number of methoxy groups -OCH3 is 1. The van der Waals surface area contributed by atoms with Gasteiger partial charge in [-0.15, -0.1) is 0 Å². The number of likely N-dealkylation sites (N-methyl/N-ethyl adjacent to an activating group) is 1. The van der Waals surface area contributed by atoms with E-state index in [4.69, 9.17) is 21.9 Å². The standard InChI is InChI=1S/C21H25N5O3S2/c1-23-9-11-24(12-10-23)18-15(19(27)25-7-4-3-6-17(25)22-18)14-16-20(28)26(21(30)31-16)8-5-13-29-2/h3-4,6-7,14H,5,8-13H2,1-2H3/b16-14-. The first-order valence-electron chi connectivity index (χ1n) is 10.2. The minimum absolute atomic E-state index is 0.173. The van der Waals surface area contributed by atoms with E-state index in [0.717, 1.165) is 26.2 Å². The molecule has 4 rings (SSSR count). The van der Waals surface area contributed by atoms with E-state index >= 15 is 0 Å². The first kappa shape index (κ1) is 21.9. The number of piperazine rings is 1. The maximum atomic E-state index is 13.4. The number of thioether (sulfide) groups is 1. The molecule has 10 heteroatoms. The van der Waals surface area contributed by atoms with E-state index in [0.29, 0.717) is 45.8 Å². The third kappa shape index (κ3) is 4.52. The van der Waals surface area contributed by atoms with Gasteiger partial charge in [-0.05, 0) is 31.7 Å². The van der Waals surface area contributed by atoms with Crippen molar-refractivity contribution in [1.29, 1.82) is 0 Å². The Morgan fingerprint density at radius 1 is 1.23 bits per heavy atom. The number of anilines is 1. The molecule has 2 fully saturated rings. The third-order valence-electron chi connectivity index (χ3n) is 5.43. The number of nitrogens with zero attached hydrogens (tertiary/aromatic N) is 5. The van der Waals surface area contributed by atoms with Gasteiger partial charge in [-0.1, -0.05) is 30.0 Å². The smallest absolute Gasteiger partial charge is 0.267 e. The van der Waals surface area contributed by atoms with Crippen LogP contribution in [0.5, 0.6) is 0 Å². The number of hydrogen-bond acceptors (Lipinski definition) is 8. The van der Waals surface area contributed by atoms with Gasteiger partial charge < -0.3 is 14.5 Å². The summed E-state index contributed by atoms with van der Waals surface area (Å²) in [7, 11) is 3.71. The van der Waals surface area contributed by atoms with Crippen LogP contribution >= 0.6 is 24.0 Å². The van der Waals surface area contributed by atoms with Crippen molar-refractivity contribution in [1.82, 2.24) is 19.2 Å². The van der Waals surface area contributed by atoms with Gasteiger partial charge in [0.15, 0.2) is 0 Å². The lowest BCUT2D eigenvalue weighted by atomic mass is 10.2. The lowest BCUT2D eigenvalue weighted by Crippen LogP contribution is -2.45. The topological polar surface area (TPSA) is 70.4 Å². The molecule has 0 N–H and O–H groups in total. The number of fused-ring (bicyclic) bond motifs is 1. The van der Waals surface area contributed by atoms with Crippen LogP contribution in [0.3, 0.4) is 0 Å². The second-order valence-corrected chi connectivity index (χ2v) is 9.23. The molecular weight excluding hydrogens is 434 g/mol. The molecule has 164 valence electrons. The number of carbonyl (C=O) groups excluding carboxylic acids is 1. The minimum Gasteiger partial charge on any atom is -0.385 e. The number of rotatable bonds is 6. The van der Waals surface area contributed by atoms with Crippen LogP contribution in [0.25, 0.3) is 11.7 Å². The van der Waals surface area contributed by atoms with Gasteiger partial charge in [0.1, 0.15) is 15.8 Å². The Hall–Kier alpha value is -2.27. The second kappa shape index (κ2) is 9.47. The van der Waals surface area contributed by atoms with Crippen LogP contribution in [-0.4, -0.2) is 82.9 Å². The molecule has 31 heavy (non-hydrogen) atoms. The number of ether oxygens (including phenoxy) is 1. The molecule has 2 aromatic rings. The summed E-state index contributed by atoms with van der Waals surface area (Å²) in [5.41, 5.74) is 0.820. The molecule has 1 amide bonds. The lowest BCUT2D eigenvalue weighted by molar-refractivity contribution is -0.122. The van der Waals surface area contributed by atoms with Crippen molar-refractivity contribution in [2.45, 2.75) is 6.42 Å². The molecule has 0 atom stereocenters. The summed E-state index contributed by atoms with van der Waals surface area (Å²) < 4.78 is 7.10. The quantitative estimate of drug-likeness (QED) is 0.367. The van der Waals surface area contributed by atoms with Crippen LogP contribution in [0.2, 0.25) is 0 Å². The average molecular weight is 460 g/mol. The molecule has 0 radical (unpaired) electrons. The molecule has 8 nitrogen and oxygen atoms in total. The first-order valence-corrected chi connectivity index (χ1v) is 11.4. The molecule has 2 aliphatic heterocycles. The Balaban J connectivity index is 1.75. The van der Waals surface area contributed by atoms with Gasteiger partial charge >= 0.3 is 0 Å². The van der Waals surface area contributed by atoms with E-state index in [2.05, 4.69) is 16.8 Å². The highest BCUT2D eigenvalue weighted by atomic mass is 32.2. The molecule has 0 unspecified atom stereocenters. The Kier molecular flexibility index (Phi) is 6.71. The molecular formula is C21H25N5O3S2. The SMILES string of the molecule is COCCCN1C(=O)/C(=C/c2c(N3CCN(C)CC3)nc3ccccn3c2=O)SC1=S. The van der Waals surface area contributed by atoms with E-state index in [1.54, 1.807) is 30.3 Å². The van der Waals surface area contributed by atoms with Crippen molar-refractivity contribution in [2.24, 2.45) is 0 Å². The van der Waals surface area contributed by atoms with Gasteiger partial charge in [0.2, 0.25) is 0 Å². The van der Waals surface area contributed by atoms with Crippen molar-refractivity contribution in [3.8, 4) is 0 Å². The molecule has 0 aliphatic carbocycles. The zero-order valence-corrected chi connectivity index (χ0v) is 19.2. The molecule has 2 saturated heterocycles. The first-order chi connectivity index (χ1) is 15.0. The van der Waals surface area contributed by atoms with E-state index in [9.17, 15) is 9.59 Å². The molecule has 4 heterocycles. The maximum absolute atomic E-state index is 13.4. The Morgan fingerprint density at radius 2 is 2.00 bits per heavy atom. The van der Waals surface area contributed by atoms with Gasteiger partial charge in [0, 0.05) is 52.6 Å². The Labute approximate surface area is 190 Å². The third-order valence-corrected chi connectivity index (χ3v) is 6.81. The van der Waals surface area contributed by atoms with Crippen LogP contribution < -0.4 is 10.5 Å². The van der Waals surface area contributed by atoms with Crippen LogP contribution in [0.1, 0.15) is 12.0 Å². The molecule has 0 saturated carbocycles. The van der Waals surface area contributed by atoms with E-state index in [1.807, 2.05) is 12.1 Å².